The van der Waals surface area contributed by atoms with Gasteiger partial charge < -0.3 is 0 Å². The Morgan fingerprint density at radius 2 is 1.96 bits per heavy atom. The summed E-state index contributed by atoms with van der Waals surface area (Å²) in [6.07, 6.45) is 4.83. The number of hydrogen-bond acceptors (Lipinski definition) is 5. The van der Waals surface area contributed by atoms with Gasteiger partial charge in [-0.15, -0.1) is 5.10 Å². The third-order valence-corrected chi connectivity index (χ3v) is 4.05. The van der Waals surface area contributed by atoms with E-state index in [0.29, 0.717) is 18.1 Å². The highest BCUT2D eigenvalue weighted by molar-refractivity contribution is 5.48. The maximum absolute atomic E-state index is 13.2. The van der Waals surface area contributed by atoms with Gasteiger partial charge in [-0.1, -0.05) is 18.2 Å². The van der Waals surface area contributed by atoms with Gasteiger partial charge in [-0.2, -0.15) is 5.10 Å². The van der Waals surface area contributed by atoms with E-state index in [1.807, 2.05) is 25.1 Å². The Labute approximate surface area is 149 Å². The number of halogens is 1. The molecular formula is C18H16FN7. The minimum absolute atomic E-state index is 0.164. The molecule has 0 aliphatic carbocycles. The molecule has 0 spiro atoms. The molecule has 0 fully saturated rings. The van der Waals surface area contributed by atoms with E-state index in [1.54, 1.807) is 34.0 Å². The van der Waals surface area contributed by atoms with Gasteiger partial charge >= 0.3 is 0 Å². The molecule has 0 aliphatic heterocycles. The van der Waals surface area contributed by atoms with Crippen molar-refractivity contribution in [3.05, 3.63) is 78.5 Å². The molecule has 4 aromatic rings. The van der Waals surface area contributed by atoms with Crippen LogP contribution in [0.15, 0.2) is 61.3 Å². The summed E-state index contributed by atoms with van der Waals surface area (Å²) in [7, 11) is 0. The first-order valence-electron chi connectivity index (χ1n) is 8.15. The van der Waals surface area contributed by atoms with Gasteiger partial charge in [-0.05, 0) is 36.8 Å². The third-order valence-electron chi connectivity index (χ3n) is 4.05. The molecule has 1 atom stereocenters. The second-order valence-corrected chi connectivity index (χ2v) is 5.84. The van der Waals surface area contributed by atoms with Gasteiger partial charge in [0.15, 0.2) is 11.6 Å². The van der Waals surface area contributed by atoms with E-state index in [-0.39, 0.29) is 11.9 Å². The molecule has 0 radical (unpaired) electrons. The highest BCUT2D eigenvalue weighted by Crippen LogP contribution is 2.20. The maximum Gasteiger partial charge on any atom is 0.200 e. The highest BCUT2D eigenvalue weighted by Gasteiger charge is 2.20. The smallest absolute Gasteiger partial charge is 0.200 e. The van der Waals surface area contributed by atoms with Crippen LogP contribution in [-0.2, 0) is 6.54 Å². The van der Waals surface area contributed by atoms with Crippen LogP contribution in [0.1, 0.15) is 24.4 Å². The zero-order valence-electron chi connectivity index (χ0n) is 14.1. The normalized spacial score (nSPS) is 12.2. The zero-order chi connectivity index (χ0) is 17.9. The molecule has 3 aromatic heterocycles. The van der Waals surface area contributed by atoms with E-state index < -0.39 is 0 Å². The van der Waals surface area contributed by atoms with Gasteiger partial charge in [0.1, 0.15) is 30.2 Å². The standard InChI is InChI=1S/C18H16FN7/c1-13(26-12-20-11-22-26)18-23-17(16-4-2-3-9-21-16)24-25(18)10-14-5-7-15(19)8-6-14/h2-9,11-13H,10H2,1H3. The molecule has 0 saturated carbocycles. The topological polar surface area (TPSA) is 74.3 Å². The molecule has 0 saturated heterocycles. The molecule has 0 bridgehead atoms. The molecule has 3 heterocycles. The van der Waals surface area contributed by atoms with Crippen LogP contribution in [0.4, 0.5) is 4.39 Å². The molecule has 130 valence electrons. The van der Waals surface area contributed by atoms with Gasteiger partial charge in [-0.3, -0.25) is 4.98 Å². The van der Waals surface area contributed by atoms with Crippen LogP contribution < -0.4 is 0 Å². The molecule has 26 heavy (non-hydrogen) atoms. The minimum Gasteiger partial charge on any atom is -0.253 e. The molecule has 0 aliphatic rings. The fourth-order valence-electron chi connectivity index (χ4n) is 2.68. The third kappa shape index (κ3) is 3.21. The van der Waals surface area contributed by atoms with Crippen molar-refractivity contribution in [2.75, 3.05) is 0 Å². The van der Waals surface area contributed by atoms with Crippen LogP contribution in [-0.4, -0.2) is 34.5 Å². The minimum atomic E-state index is -0.266. The van der Waals surface area contributed by atoms with Crippen LogP contribution in [0, 0.1) is 5.82 Å². The SMILES string of the molecule is CC(c1nc(-c2ccccn2)nn1Cc1ccc(F)cc1)n1cncn1. The monoisotopic (exact) mass is 349 g/mol. The van der Waals surface area contributed by atoms with Crippen molar-refractivity contribution in [3.63, 3.8) is 0 Å². The van der Waals surface area contributed by atoms with Crippen molar-refractivity contribution in [2.24, 2.45) is 0 Å². The van der Waals surface area contributed by atoms with Gasteiger partial charge in [0, 0.05) is 6.20 Å². The summed E-state index contributed by atoms with van der Waals surface area (Å²) >= 11 is 0. The lowest BCUT2D eigenvalue weighted by atomic mass is 10.2. The van der Waals surface area contributed by atoms with Crippen molar-refractivity contribution in [2.45, 2.75) is 19.5 Å². The predicted octanol–water partition coefficient (Wildman–Crippen LogP) is 2.73. The van der Waals surface area contributed by atoms with Crippen molar-refractivity contribution in [1.82, 2.24) is 34.5 Å². The first kappa shape index (κ1) is 16.1. The first-order valence-corrected chi connectivity index (χ1v) is 8.15. The maximum atomic E-state index is 13.2. The van der Waals surface area contributed by atoms with Gasteiger partial charge in [0.2, 0.25) is 0 Å². The number of aromatic nitrogens is 7. The Balaban J connectivity index is 1.74. The fraction of sp³-hybridized carbons (Fsp3) is 0.167. The number of hydrogen-bond donors (Lipinski definition) is 0. The average molecular weight is 349 g/mol. The lowest BCUT2D eigenvalue weighted by molar-refractivity contribution is 0.495. The number of pyridine rings is 1. The Morgan fingerprint density at radius 3 is 2.65 bits per heavy atom. The van der Waals surface area contributed by atoms with Crippen molar-refractivity contribution in [3.8, 4) is 11.5 Å². The van der Waals surface area contributed by atoms with Gasteiger partial charge in [-0.25, -0.2) is 23.7 Å². The molecule has 1 aromatic carbocycles. The summed E-state index contributed by atoms with van der Waals surface area (Å²) in [5.41, 5.74) is 1.62. The van der Waals surface area contributed by atoms with E-state index in [4.69, 9.17) is 0 Å². The Hall–Kier alpha value is -3.42. The average Bonchev–Trinajstić information content (AvgIpc) is 3.34. The summed E-state index contributed by atoms with van der Waals surface area (Å²) in [4.78, 5) is 13.0. The van der Waals surface area contributed by atoms with E-state index >= 15 is 0 Å². The molecule has 4 rings (SSSR count). The van der Waals surface area contributed by atoms with Crippen molar-refractivity contribution >= 4 is 0 Å². The summed E-state index contributed by atoms with van der Waals surface area (Å²) in [6.45, 7) is 2.44. The van der Waals surface area contributed by atoms with Crippen molar-refractivity contribution in [1.29, 1.82) is 0 Å². The largest absolute Gasteiger partial charge is 0.253 e. The Kier molecular flexibility index (Phi) is 4.22. The summed E-state index contributed by atoms with van der Waals surface area (Å²) < 4.78 is 16.7. The van der Waals surface area contributed by atoms with Crippen LogP contribution in [0.5, 0.6) is 0 Å². The number of rotatable bonds is 5. The molecule has 0 N–H and O–H groups in total. The van der Waals surface area contributed by atoms with E-state index in [0.717, 1.165) is 11.4 Å². The lowest BCUT2D eigenvalue weighted by Crippen LogP contribution is -2.15. The van der Waals surface area contributed by atoms with Gasteiger partial charge in [0.25, 0.3) is 0 Å². The Morgan fingerprint density at radius 1 is 1.12 bits per heavy atom. The predicted molar refractivity (Wildman–Crippen MR) is 92.6 cm³/mol. The fourth-order valence-corrected chi connectivity index (χ4v) is 2.68. The van der Waals surface area contributed by atoms with Crippen LogP contribution in [0.25, 0.3) is 11.5 Å². The molecule has 8 heteroatoms. The van der Waals surface area contributed by atoms with E-state index in [9.17, 15) is 4.39 Å². The molecule has 1 unspecified atom stereocenters. The second kappa shape index (κ2) is 6.83. The van der Waals surface area contributed by atoms with Crippen LogP contribution in [0.3, 0.4) is 0 Å². The molecule has 0 amide bonds. The quantitative estimate of drug-likeness (QED) is 0.554. The van der Waals surface area contributed by atoms with E-state index in [2.05, 4.69) is 25.1 Å². The summed E-state index contributed by atoms with van der Waals surface area (Å²) in [5, 5.41) is 8.81. The van der Waals surface area contributed by atoms with Gasteiger partial charge in [0.05, 0.1) is 6.54 Å². The summed E-state index contributed by atoms with van der Waals surface area (Å²) in [5.74, 6) is 0.993. The zero-order valence-corrected chi connectivity index (χ0v) is 14.1. The Bertz CT molecular complexity index is 978. The highest BCUT2D eigenvalue weighted by atomic mass is 19.1. The number of nitrogens with zero attached hydrogens (tertiary/aromatic N) is 7. The lowest BCUT2D eigenvalue weighted by Gasteiger charge is -2.12. The van der Waals surface area contributed by atoms with Crippen LogP contribution >= 0.6 is 0 Å². The van der Waals surface area contributed by atoms with Crippen molar-refractivity contribution < 1.29 is 4.39 Å². The van der Waals surface area contributed by atoms with Crippen LogP contribution in [0.2, 0.25) is 0 Å². The molecule has 7 nitrogen and oxygen atoms in total. The first-order chi connectivity index (χ1) is 12.7. The summed E-state index contributed by atoms with van der Waals surface area (Å²) in [6, 6.07) is 11.8. The second-order valence-electron chi connectivity index (χ2n) is 5.84. The molecular weight excluding hydrogens is 333 g/mol. The number of benzene rings is 1. The van der Waals surface area contributed by atoms with E-state index in [1.165, 1.54) is 18.5 Å².